The Labute approximate surface area is 120 Å². The molecule has 0 amide bonds. The summed E-state index contributed by atoms with van der Waals surface area (Å²) in [4.78, 5) is 22.4. The van der Waals surface area contributed by atoms with Crippen LogP contribution in [0.1, 0.15) is 11.1 Å². The lowest BCUT2D eigenvalue weighted by atomic mass is 10.1. The van der Waals surface area contributed by atoms with Crippen LogP contribution in [0.15, 0.2) is 35.4 Å². The highest BCUT2D eigenvalue weighted by atomic mass is 16.5. The zero-order chi connectivity index (χ0) is 15.4. The van der Waals surface area contributed by atoms with Crippen LogP contribution in [0.25, 0.3) is 6.08 Å². The molecule has 0 aliphatic carbocycles. The number of carboxylic acid groups (broad SMARTS) is 1. The summed E-state index contributed by atoms with van der Waals surface area (Å²) in [5, 5.41) is 12.7. The molecule has 21 heavy (non-hydrogen) atoms. The molecule has 0 unspecified atom stereocenters. The molecule has 0 aliphatic rings. The third-order valence-corrected chi connectivity index (χ3v) is 2.92. The first-order valence-electron chi connectivity index (χ1n) is 6.17. The summed E-state index contributed by atoms with van der Waals surface area (Å²) >= 11 is 0. The molecule has 7 nitrogen and oxygen atoms in total. The summed E-state index contributed by atoms with van der Waals surface area (Å²) in [5.41, 5.74) is 1.23. The number of hydrogen-bond donors (Lipinski definition) is 1. The molecule has 1 N–H and O–H groups in total. The first-order chi connectivity index (χ1) is 10.0. The van der Waals surface area contributed by atoms with Gasteiger partial charge in [-0.3, -0.25) is 4.57 Å². The average molecular weight is 289 g/mol. The van der Waals surface area contributed by atoms with E-state index >= 15 is 0 Å². The first kappa shape index (κ1) is 14.6. The molecule has 0 bridgehead atoms. The number of ether oxygens (including phenoxy) is 1. The first-order valence-corrected chi connectivity index (χ1v) is 6.17. The van der Waals surface area contributed by atoms with Gasteiger partial charge >= 0.3 is 11.7 Å². The maximum Gasteiger partial charge on any atom is 0.345 e. The number of hydrogen-bond acceptors (Lipinski definition) is 4. The van der Waals surface area contributed by atoms with Gasteiger partial charge in [-0.25, -0.2) is 14.3 Å². The van der Waals surface area contributed by atoms with Crippen LogP contribution in [0.5, 0.6) is 5.75 Å². The zero-order valence-corrected chi connectivity index (χ0v) is 11.7. The van der Waals surface area contributed by atoms with E-state index in [1.54, 1.807) is 25.2 Å². The van der Waals surface area contributed by atoms with Gasteiger partial charge in [0.05, 0.1) is 13.7 Å². The van der Waals surface area contributed by atoms with Gasteiger partial charge in [-0.2, -0.15) is 5.10 Å². The standard InChI is InChI=1S/C14H15N3O4/c1-16-9-15-17(14(16)20)8-10-3-5-12(21-2)11(7-10)4-6-13(18)19/h3-7,9H,8H2,1-2H3,(H,18,19)/b6-4+. The molecule has 1 aromatic carbocycles. The van der Waals surface area contributed by atoms with Gasteiger partial charge < -0.3 is 9.84 Å². The van der Waals surface area contributed by atoms with E-state index in [-0.39, 0.29) is 5.69 Å². The Morgan fingerprint density at radius 1 is 1.48 bits per heavy atom. The maximum atomic E-state index is 11.7. The smallest absolute Gasteiger partial charge is 0.345 e. The maximum absolute atomic E-state index is 11.7. The van der Waals surface area contributed by atoms with Crippen LogP contribution in [0.4, 0.5) is 0 Å². The van der Waals surface area contributed by atoms with E-state index in [1.807, 2.05) is 0 Å². The third kappa shape index (κ3) is 3.38. The highest BCUT2D eigenvalue weighted by molar-refractivity contribution is 5.85. The molecule has 2 rings (SSSR count). The van der Waals surface area contributed by atoms with Crippen molar-refractivity contribution in [1.29, 1.82) is 0 Å². The van der Waals surface area contributed by atoms with Gasteiger partial charge in [0.25, 0.3) is 0 Å². The molecule has 110 valence electrons. The predicted molar refractivity (Wildman–Crippen MR) is 76.2 cm³/mol. The van der Waals surface area contributed by atoms with Crippen molar-refractivity contribution in [2.75, 3.05) is 7.11 Å². The molecule has 0 saturated carbocycles. The minimum absolute atomic E-state index is 0.214. The van der Waals surface area contributed by atoms with Crippen LogP contribution in [-0.2, 0) is 18.4 Å². The van der Waals surface area contributed by atoms with Gasteiger partial charge in [-0.05, 0) is 23.8 Å². The van der Waals surface area contributed by atoms with E-state index in [1.165, 1.54) is 28.8 Å². The molecule has 0 fully saturated rings. The minimum atomic E-state index is -1.04. The Morgan fingerprint density at radius 2 is 2.24 bits per heavy atom. The lowest BCUT2D eigenvalue weighted by Gasteiger charge is -2.07. The Kier molecular flexibility index (Phi) is 4.22. The molecule has 0 radical (unpaired) electrons. The highest BCUT2D eigenvalue weighted by Crippen LogP contribution is 2.21. The normalized spacial score (nSPS) is 11.0. The third-order valence-electron chi connectivity index (χ3n) is 2.92. The second-order valence-corrected chi connectivity index (χ2v) is 4.43. The van der Waals surface area contributed by atoms with Crippen LogP contribution >= 0.6 is 0 Å². The van der Waals surface area contributed by atoms with Gasteiger partial charge in [0.2, 0.25) is 0 Å². The van der Waals surface area contributed by atoms with E-state index in [0.29, 0.717) is 17.9 Å². The molecule has 0 atom stereocenters. The van der Waals surface area contributed by atoms with Crippen molar-refractivity contribution in [2.45, 2.75) is 6.54 Å². The average Bonchev–Trinajstić information content (AvgIpc) is 2.77. The summed E-state index contributed by atoms with van der Waals surface area (Å²) < 4.78 is 7.89. The molecule has 7 heteroatoms. The SMILES string of the molecule is COc1ccc(Cn2ncn(C)c2=O)cc1/C=C/C(=O)O. The molecule has 0 spiro atoms. The molecule has 1 heterocycles. The number of aliphatic carboxylic acids is 1. The van der Waals surface area contributed by atoms with Crippen LogP contribution in [-0.4, -0.2) is 32.5 Å². The van der Waals surface area contributed by atoms with Gasteiger partial charge in [-0.1, -0.05) is 6.07 Å². The van der Waals surface area contributed by atoms with E-state index in [9.17, 15) is 9.59 Å². The van der Waals surface area contributed by atoms with Gasteiger partial charge in [0, 0.05) is 18.7 Å². The number of nitrogens with zero attached hydrogens (tertiary/aromatic N) is 3. The van der Waals surface area contributed by atoms with E-state index in [4.69, 9.17) is 9.84 Å². The second kappa shape index (κ2) is 6.08. The molecule has 0 aliphatic heterocycles. The monoisotopic (exact) mass is 289 g/mol. The Bertz CT molecular complexity index is 743. The van der Waals surface area contributed by atoms with Crippen molar-refractivity contribution in [3.63, 3.8) is 0 Å². The summed E-state index contributed by atoms with van der Waals surface area (Å²) in [6.45, 7) is 0.303. The molecule has 2 aromatic rings. The van der Waals surface area contributed by atoms with Crippen molar-refractivity contribution in [3.05, 3.63) is 52.2 Å². The molecule has 0 saturated heterocycles. The summed E-state index contributed by atoms with van der Waals surface area (Å²) in [6.07, 6.45) is 3.93. The van der Waals surface area contributed by atoms with Crippen LogP contribution in [0.2, 0.25) is 0 Å². The lowest BCUT2D eigenvalue weighted by Crippen LogP contribution is -2.23. The number of benzene rings is 1. The number of carboxylic acids is 1. The predicted octanol–water partition coefficient (Wildman–Crippen LogP) is 0.736. The summed E-state index contributed by atoms with van der Waals surface area (Å²) in [5.74, 6) is -0.479. The van der Waals surface area contributed by atoms with Crippen molar-refractivity contribution in [2.24, 2.45) is 7.05 Å². The molecule has 1 aromatic heterocycles. The lowest BCUT2D eigenvalue weighted by molar-refractivity contribution is -0.131. The topological polar surface area (TPSA) is 86.4 Å². The zero-order valence-electron chi connectivity index (χ0n) is 11.7. The van der Waals surface area contributed by atoms with Gasteiger partial charge in [0.1, 0.15) is 12.1 Å². The largest absolute Gasteiger partial charge is 0.496 e. The summed E-state index contributed by atoms with van der Waals surface area (Å²) in [6, 6.07) is 5.29. The summed E-state index contributed by atoms with van der Waals surface area (Å²) in [7, 11) is 3.14. The number of carbonyl (C=O) groups is 1. The fourth-order valence-corrected chi connectivity index (χ4v) is 1.88. The van der Waals surface area contributed by atoms with Crippen LogP contribution in [0.3, 0.4) is 0 Å². The van der Waals surface area contributed by atoms with E-state index < -0.39 is 5.97 Å². The Morgan fingerprint density at radius 3 is 2.81 bits per heavy atom. The molecular weight excluding hydrogens is 274 g/mol. The fourth-order valence-electron chi connectivity index (χ4n) is 1.88. The number of rotatable bonds is 5. The van der Waals surface area contributed by atoms with Crippen molar-refractivity contribution >= 4 is 12.0 Å². The fraction of sp³-hybridized carbons (Fsp3) is 0.214. The van der Waals surface area contributed by atoms with Gasteiger partial charge in [0.15, 0.2) is 0 Å². The second-order valence-electron chi connectivity index (χ2n) is 4.43. The number of aromatic nitrogens is 3. The van der Waals surface area contributed by atoms with Crippen LogP contribution in [0, 0.1) is 0 Å². The van der Waals surface area contributed by atoms with Gasteiger partial charge in [-0.15, -0.1) is 0 Å². The van der Waals surface area contributed by atoms with E-state index in [0.717, 1.165) is 11.6 Å². The van der Waals surface area contributed by atoms with Crippen molar-refractivity contribution < 1.29 is 14.6 Å². The van der Waals surface area contributed by atoms with Crippen molar-refractivity contribution in [3.8, 4) is 5.75 Å². The van der Waals surface area contributed by atoms with Crippen molar-refractivity contribution in [1.82, 2.24) is 14.3 Å². The highest BCUT2D eigenvalue weighted by Gasteiger charge is 2.06. The quantitative estimate of drug-likeness (QED) is 0.820. The molecular formula is C14H15N3O4. The minimum Gasteiger partial charge on any atom is -0.496 e. The Hall–Kier alpha value is -2.83. The number of methoxy groups -OCH3 is 1. The van der Waals surface area contributed by atoms with E-state index in [2.05, 4.69) is 5.10 Å². The number of aryl methyl sites for hydroxylation is 1. The Balaban J connectivity index is 2.33. The van der Waals surface area contributed by atoms with Crippen LogP contribution < -0.4 is 10.4 Å².